The van der Waals surface area contributed by atoms with E-state index in [1.165, 1.54) is 44.3 Å². The van der Waals surface area contributed by atoms with Gasteiger partial charge in [0.05, 0.1) is 6.54 Å². The van der Waals surface area contributed by atoms with Crippen LogP contribution < -0.4 is 15.0 Å². The maximum absolute atomic E-state index is 15.4. The van der Waals surface area contributed by atoms with Crippen LogP contribution in [0.15, 0.2) is 40.4 Å². The van der Waals surface area contributed by atoms with Crippen molar-refractivity contribution in [2.75, 3.05) is 69.1 Å². The van der Waals surface area contributed by atoms with Crippen LogP contribution in [0, 0.1) is 11.7 Å². The fraction of sp³-hybridized carbons (Fsp3) is 0.516. The van der Waals surface area contributed by atoms with E-state index in [1.807, 2.05) is 25.1 Å². The lowest BCUT2D eigenvalue weighted by Gasteiger charge is -2.36. The molecule has 0 spiro atoms. The zero-order valence-electron chi connectivity index (χ0n) is 23.3. The molecule has 5 aliphatic rings. The van der Waals surface area contributed by atoms with Crippen LogP contribution in [0.4, 0.5) is 16.0 Å². The van der Waals surface area contributed by atoms with Crippen molar-refractivity contribution in [3.63, 3.8) is 0 Å². The molecular weight excluding hydrogens is 505 g/mol. The molecule has 40 heavy (non-hydrogen) atoms. The first-order valence-electron chi connectivity index (χ1n) is 14.8. The molecule has 0 atom stereocenters. The van der Waals surface area contributed by atoms with Crippen LogP contribution >= 0.6 is 0 Å². The van der Waals surface area contributed by atoms with E-state index in [0.29, 0.717) is 17.3 Å². The number of aromatic nitrogens is 2. The Hall–Kier alpha value is -3.30. The minimum atomic E-state index is -0.360. The SMILES string of the molecule is CC1=Cc2c(ccc(Oc3nc(NC4=NCC(C5CC5)=C4)cc(N4CCN(CCN5CCCC5)CC4)n3)c2F)C1. The number of fused-ring (bicyclic) bond motifs is 1. The molecule has 0 radical (unpaired) electrons. The lowest BCUT2D eigenvalue weighted by Crippen LogP contribution is -2.48. The van der Waals surface area contributed by atoms with Crippen molar-refractivity contribution >= 4 is 23.5 Å². The fourth-order valence-electron chi connectivity index (χ4n) is 6.22. The highest BCUT2D eigenvalue weighted by atomic mass is 19.1. The van der Waals surface area contributed by atoms with Crippen LogP contribution in [-0.2, 0) is 6.42 Å². The Morgan fingerprint density at radius 1 is 0.975 bits per heavy atom. The molecule has 1 saturated carbocycles. The van der Waals surface area contributed by atoms with Crippen LogP contribution in [0.5, 0.6) is 11.8 Å². The quantitative estimate of drug-likeness (QED) is 0.516. The van der Waals surface area contributed by atoms with E-state index in [0.717, 1.165) is 75.0 Å². The van der Waals surface area contributed by atoms with Crippen molar-refractivity contribution in [2.24, 2.45) is 10.9 Å². The van der Waals surface area contributed by atoms with Crippen LogP contribution in [0.3, 0.4) is 0 Å². The van der Waals surface area contributed by atoms with Crippen molar-refractivity contribution in [2.45, 2.75) is 39.0 Å². The summed E-state index contributed by atoms with van der Waals surface area (Å²) in [7, 11) is 0. The van der Waals surface area contributed by atoms with E-state index in [9.17, 15) is 0 Å². The Kier molecular flexibility index (Phi) is 7.01. The smallest absolute Gasteiger partial charge is 0.326 e. The molecule has 2 aromatic rings. The van der Waals surface area contributed by atoms with Gasteiger partial charge in [0.1, 0.15) is 17.5 Å². The molecule has 2 saturated heterocycles. The maximum Gasteiger partial charge on any atom is 0.326 e. The molecule has 3 fully saturated rings. The third-order valence-electron chi connectivity index (χ3n) is 8.73. The van der Waals surface area contributed by atoms with Crippen molar-refractivity contribution in [3.8, 4) is 11.8 Å². The Morgan fingerprint density at radius 2 is 1.75 bits per heavy atom. The topological polar surface area (TPSA) is 69.1 Å². The third kappa shape index (κ3) is 5.63. The highest BCUT2D eigenvalue weighted by molar-refractivity contribution is 6.05. The highest BCUT2D eigenvalue weighted by Gasteiger charge is 2.28. The number of hydrogen-bond acceptors (Lipinski definition) is 8. The largest absolute Gasteiger partial charge is 0.421 e. The van der Waals surface area contributed by atoms with Gasteiger partial charge in [-0.2, -0.15) is 9.97 Å². The normalized spacial score (nSPS) is 21.4. The number of rotatable bonds is 8. The number of anilines is 2. The molecular formula is C31H38FN7O. The summed E-state index contributed by atoms with van der Waals surface area (Å²) in [5.74, 6) is 2.68. The molecule has 7 rings (SSSR count). The molecule has 0 amide bonds. The van der Waals surface area contributed by atoms with E-state index < -0.39 is 0 Å². The summed E-state index contributed by atoms with van der Waals surface area (Å²) >= 11 is 0. The standard InChI is InChI=1S/C31H38FN7O/c1-21-16-23-6-7-26(30(32)25(23)17-21)40-31-35-28(34-27-18-24(20-33-27)22-4-5-22)19-29(36-31)39-14-12-38(13-15-39)11-10-37-8-2-3-9-37/h6-7,17-19,22H,2-5,8-16,20H2,1H3,(H,33,34,35,36). The van der Waals surface area contributed by atoms with Gasteiger partial charge < -0.3 is 19.9 Å². The summed E-state index contributed by atoms with van der Waals surface area (Å²) in [5.41, 5.74) is 4.13. The van der Waals surface area contributed by atoms with E-state index >= 15 is 4.39 Å². The van der Waals surface area contributed by atoms with Crippen molar-refractivity contribution in [3.05, 3.63) is 52.4 Å². The summed E-state index contributed by atoms with van der Waals surface area (Å²) in [6.07, 6.45) is 10.00. The van der Waals surface area contributed by atoms with Gasteiger partial charge in [-0.25, -0.2) is 4.39 Å². The minimum absolute atomic E-state index is 0.138. The number of benzene rings is 1. The molecule has 3 aliphatic heterocycles. The summed E-state index contributed by atoms with van der Waals surface area (Å²) in [6.45, 7) is 11.2. The molecule has 0 unspecified atom stereocenters. The monoisotopic (exact) mass is 543 g/mol. The number of ether oxygens (including phenoxy) is 1. The first-order chi connectivity index (χ1) is 19.6. The molecule has 4 heterocycles. The van der Waals surface area contributed by atoms with Gasteiger partial charge >= 0.3 is 6.01 Å². The van der Waals surface area contributed by atoms with Gasteiger partial charge in [0.15, 0.2) is 11.6 Å². The number of hydrogen-bond donors (Lipinski definition) is 1. The van der Waals surface area contributed by atoms with Gasteiger partial charge in [-0.15, -0.1) is 0 Å². The van der Waals surface area contributed by atoms with Gasteiger partial charge in [0, 0.05) is 50.9 Å². The van der Waals surface area contributed by atoms with Crippen LogP contribution in [-0.4, -0.2) is 84.5 Å². The molecule has 8 nitrogen and oxygen atoms in total. The van der Waals surface area contributed by atoms with E-state index in [1.54, 1.807) is 6.07 Å². The van der Waals surface area contributed by atoms with Gasteiger partial charge in [-0.05, 0) is 81.3 Å². The summed E-state index contributed by atoms with van der Waals surface area (Å²) in [6, 6.07) is 5.72. The number of piperazine rings is 1. The van der Waals surface area contributed by atoms with Crippen LogP contribution in [0.1, 0.15) is 43.7 Å². The number of nitrogens with zero attached hydrogens (tertiary/aromatic N) is 6. The zero-order valence-corrected chi connectivity index (χ0v) is 23.3. The Bertz CT molecular complexity index is 1370. The minimum Gasteiger partial charge on any atom is -0.421 e. The molecule has 1 aromatic carbocycles. The first-order valence-corrected chi connectivity index (χ1v) is 14.8. The van der Waals surface area contributed by atoms with E-state index in [-0.39, 0.29) is 17.6 Å². The fourth-order valence-corrected chi connectivity index (χ4v) is 6.22. The zero-order chi connectivity index (χ0) is 27.1. The van der Waals surface area contributed by atoms with Gasteiger partial charge in [-0.1, -0.05) is 17.7 Å². The molecule has 1 N–H and O–H groups in total. The van der Waals surface area contributed by atoms with E-state index in [4.69, 9.17) is 9.72 Å². The predicted molar refractivity (Wildman–Crippen MR) is 157 cm³/mol. The van der Waals surface area contributed by atoms with Crippen molar-refractivity contribution < 1.29 is 9.13 Å². The average Bonchev–Trinajstić information content (AvgIpc) is 3.31. The number of nitrogens with one attached hydrogen (secondary N) is 1. The molecule has 9 heteroatoms. The second kappa shape index (κ2) is 10.9. The molecule has 2 aliphatic carbocycles. The Balaban J connectivity index is 1.09. The van der Waals surface area contributed by atoms with Gasteiger partial charge in [0.25, 0.3) is 0 Å². The Morgan fingerprint density at radius 3 is 2.52 bits per heavy atom. The summed E-state index contributed by atoms with van der Waals surface area (Å²) in [4.78, 5) is 21.4. The van der Waals surface area contributed by atoms with Crippen molar-refractivity contribution in [1.82, 2.24) is 19.8 Å². The number of likely N-dealkylation sites (tertiary alicyclic amines) is 1. The number of allylic oxidation sites excluding steroid dienone is 1. The highest BCUT2D eigenvalue weighted by Crippen LogP contribution is 2.38. The number of amidine groups is 1. The predicted octanol–water partition coefficient (Wildman–Crippen LogP) is 4.75. The lowest BCUT2D eigenvalue weighted by atomic mass is 10.1. The average molecular weight is 544 g/mol. The van der Waals surface area contributed by atoms with Crippen molar-refractivity contribution in [1.29, 1.82) is 0 Å². The lowest BCUT2D eigenvalue weighted by molar-refractivity contribution is 0.215. The van der Waals surface area contributed by atoms with Crippen LogP contribution in [0.2, 0.25) is 0 Å². The van der Waals surface area contributed by atoms with Crippen LogP contribution in [0.25, 0.3) is 6.08 Å². The third-order valence-corrected chi connectivity index (χ3v) is 8.73. The van der Waals surface area contributed by atoms with Gasteiger partial charge in [0.2, 0.25) is 0 Å². The second-order valence-corrected chi connectivity index (χ2v) is 11.8. The molecule has 0 bridgehead atoms. The summed E-state index contributed by atoms with van der Waals surface area (Å²) in [5, 5.41) is 3.38. The maximum atomic E-state index is 15.4. The van der Waals surface area contributed by atoms with E-state index in [2.05, 4.69) is 36.1 Å². The molecule has 210 valence electrons. The van der Waals surface area contributed by atoms with Gasteiger partial charge in [-0.3, -0.25) is 9.89 Å². The Labute approximate surface area is 235 Å². The number of aliphatic imine (C=N–C) groups is 1. The number of halogens is 1. The molecule has 1 aromatic heterocycles. The first kappa shape index (κ1) is 25.7. The summed E-state index contributed by atoms with van der Waals surface area (Å²) < 4.78 is 21.4. The second-order valence-electron chi connectivity index (χ2n) is 11.8.